The van der Waals surface area contributed by atoms with Crippen molar-refractivity contribution in [2.75, 3.05) is 13.1 Å². The van der Waals surface area contributed by atoms with Gasteiger partial charge in [0.25, 0.3) is 5.56 Å². The van der Waals surface area contributed by atoms with Gasteiger partial charge < -0.3 is 10.3 Å². The summed E-state index contributed by atoms with van der Waals surface area (Å²) in [7, 11) is 0. The number of benzene rings is 1. The summed E-state index contributed by atoms with van der Waals surface area (Å²) < 4.78 is 0. The molecule has 1 aromatic carbocycles. The Labute approximate surface area is 162 Å². The number of hydrogen-bond donors (Lipinski definition) is 2. The number of aromatic amines is 1. The summed E-state index contributed by atoms with van der Waals surface area (Å²) in [6, 6.07) is 9.29. The lowest BCUT2D eigenvalue weighted by molar-refractivity contribution is -0.126. The van der Waals surface area contributed by atoms with Crippen molar-refractivity contribution in [3.63, 3.8) is 0 Å². The number of urea groups is 1. The molecule has 3 amide bonds. The van der Waals surface area contributed by atoms with Crippen LogP contribution in [0.3, 0.4) is 0 Å². The average Bonchev–Trinajstić information content (AvgIpc) is 3.28. The van der Waals surface area contributed by atoms with Crippen LogP contribution in [0.4, 0.5) is 4.79 Å². The molecule has 3 heterocycles. The molecule has 0 unspecified atom stereocenters. The third-order valence-electron chi connectivity index (χ3n) is 4.27. The van der Waals surface area contributed by atoms with Crippen molar-refractivity contribution in [2.24, 2.45) is 0 Å². The number of nitrogens with zero attached hydrogens (tertiary/aromatic N) is 2. The van der Waals surface area contributed by atoms with Gasteiger partial charge >= 0.3 is 6.03 Å². The number of thioether (sulfide) groups is 1. The maximum atomic E-state index is 12.7. The van der Waals surface area contributed by atoms with E-state index in [4.69, 9.17) is 0 Å². The van der Waals surface area contributed by atoms with Crippen LogP contribution in [0.15, 0.2) is 45.7 Å². The molecule has 1 aliphatic heterocycles. The highest BCUT2D eigenvalue weighted by atomic mass is 32.2. The second-order valence-corrected chi connectivity index (χ2v) is 8.24. The molecule has 1 saturated heterocycles. The number of fused-ring (bicyclic) bond motifs is 1. The Hall–Kier alpha value is -2.65. The summed E-state index contributed by atoms with van der Waals surface area (Å²) in [5.41, 5.74) is 1.57. The first-order valence-electron chi connectivity index (χ1n) is 8.37. The maximum Gasteiger partial charge on any atom is 0.324 e. The highest BCUT2D eigenvalue weighted by Crippen LogP contribution is 2.32. The van der Waals surface area contributed by atoms with Crippen LogP contribution in [0.1, 0.15) is 6.92 Å². The van der Waals surface area contributed by atoms with Crippen molar-refractivity contribution >= 4 is 45.3 Å². The molecule has 2 N–H and O–H groups in total. The van der Waals surface area contributed by atoms with E-state index in [9.17, 15) is 14.4 Å². The van der Waals surface area contributed by atoms with Crippen LogP contribution in [0.5, 0.6) is 0 Å². The molecule has 0 radical (unpaired) electrons. The van der Waals surface area contributed by atoms with Crippen molar-refractivity contribution in [1.82, 2.24) is 20.2 Å². The predicted molar refractivity (Wildman–Crippen MR) is 106 cm³/mol. The molecule has 0 aliphatic carbocycles. The molecular formula is C18H16N4O3S2. The van der Waals surface area contributed by atoms with E-state index in [0.717, 1.165) is 22.9 Å². The van der Waals surface area contributed by atoms with Crippen LogP contribution in [0.2, 0.25) is 0 Å². The van der Waals surface area contributed by atoms with Gasteiger partial charge in [0.15, 0.2) is 5.16 Å². The minimum absolute atomic E-state index is 0.235. The summed E-state index contributed by atoms with van der Waals surface area (Å²) in [6.45, 7) is 2.52. The molecule has 138 valence electrons. The van der Waals surface area contributed by atoms with E-state index in [2.05, 4.69) is 15.3 Å². The topological polar surface area (TPSA) is 95.2 Å². The predicted octanol–water partition coefficient (Wildman–Crippen LogP) is 2.68. The van der Waals surface area contributed by atoms with E-state index in [0.29, 0.717) is 28.5 Å². The van der Waals surface area contributed by atoms with Crippen molar-refractivity contribution in [1.29, 1.82) is 0 Å². The molecule has 0 spiro atoms. The smallest absolute Gasteiger partial charge is 0.324 e. The van der Waals surface area contributed by atoms with E-state index in [-0.39, 0.29) is 17.5 Å². The molecule has 2 aromatic heterocycles. The lowest BCUT2D eigenvalue weighted by Crippen LogP contribution is -2.39. The number of carbonyl (C=O) groups is 2. The lowest BCUT2D eigenvalue weighted by Gasteiger charge is -2.16. The fourth-order valence-electron chi connectivity index (χ4n) is 2.93. The standard InChI is InChI=1S/C18H16N4O3S2/c1-10(16(24)22-8-7-19-18(22)25)27-17-20-14(23)13-12(9-26-15(13)21-17)11-5-3-2-4-6-11/h2-6,9-10H,7-8H2,1H3,(H,19,25)(H,20,21,23)/t10-/m1/s1. The first-order valence-corrected chi connectivity index (χ1v) is 10.1. The van der Waals surface area contributed by atoms with Crippen molar-refractivity contribution in [3.05, 3.63) is 46.1 Å². The number of aromatic nitrogens is 2. The molecule has 27 heavy (non-hydrogen) atoms. The van der Waals surface area contributed by atoms with Crippen molar-refractivity contribution in [2.45, 2.75) is 17.3 Å². The van der Waals surface area contributed by atoms with Gasteiger partial charge in [0.1, 0.15) is 4.83 Å². The number of rotatable bonds is 4. The van der Waals surface area contributed by atoms with Gasteiger partial charge in [-0.2, -0.15) is 0 Å². The lowest BCUT2D eigenvalue weighted by atomic mass is 10.1. The zero-order valence-electron chi connectivity index (χ0n) is 14.4. The third kappa shape index (κ3) is 3.35. The fourth-order valence-corrected chi connectivity index (χ4v) is 4.80. The second-order valence-electron chi connectivity index (χ2n) is 6.05. The van der Waals surface area contributed by atoms with Crippen LogP contribution in [0, 0.1) is 0 Å². The number of imide groups is 1. The highest BCUT2D eigenvalue weighted by molar-refractivity contribution is 8.00. The van der Waals surface area contributed by atoms with E-state index in [1.54, 1.807) is 6.92 Å². The Morgan fingerprint density at radius 2 is 2.07 bits per heavy atom. The van der Waals surface area contributed by atoms with Crippen LogP contribution in [-0.2, 0) is 4.79 Å². The van der Waals surface area contributed by atoms with Gasteiger partial charge in [-0.1, -0.05) is 42.1 Å². The molecule has 1 atom stereocenters. The molecule has 7 nitrogen and oxygen atoms in total. The minimum Gasteiger partial charge on any atom is -0.336 e. The Kier molecular flexibility index (Phi) is 4.71. The second kappa shape index (κ2) is 7.16. The summed E-state index contributed by atoms with van der Waals surface area (Å²) in [4.78, 5) is 45.8. The van der Waals surface area contributed by atoms with Gasteiger partial charge in [-0.05, 0) is 12.5 Å². The van der Waals surface area contributed by atoms with Gasteiger partial charge in [-0.3, -0.25) is 14.5 Å². The third-order valence-corrected chi connectivity index (χ3v) is 6.11. The Bertz CT molecular complexity index is 1080. The number of H-pyrrole nitrogens is 1. The molecule has 3 aromatic rings. The van der Waals surface area contributed by atoms with Crippen LogP contribution >= 0.6 is 23.1 Å². The fraction of sp³-hybridized carbons (Fsp3) is 0.222. The Morgan fingerprint density at radius 1 is 1.30 bits per heavy atom. The van der Waals surface area contributed by atoms with Gasteiger partial charge in [0, 0.05) is 24.0 Å². The van der Waals surface area contributed by atoms with Gasteiger partial charge in [0.05, 0.1) is 10.6 Å². The molecule has 0 saturated carbocycles. The van der Waals surface area contributed by atoms with Crippen molar-refractivity contribution in [3.8, 4) is 11.1 Å². The Morgan fingerprint density at radius 3 is 2.78 bits per heavy atom. The minimum atomic E-state index is -0.539. The van der Waals surface area contributed by atoms with Crippen LogP contribution in [0.25, 0.3) is 21.3 Å². The average molecular weight is 400 g/mol. The SMILES string of the molecule is C[C@@H](Sc1nc2scc(-c3ccccc3)c2c(=O)[nH]1)C(=O)N1CCNC1=O. The first-order chi connectivity index (χ1) is 13.0. The van der Waals surface area contributed by atoms with Gasteiger partial charge in [-0.15, -0.1) is 11.3 Å². The van der Waals surface area contributed by atoms with Gasteiger partial charge in [-0.25, -0.2) is 9.78 Å². The van der Waals surface area contributed by atoms with Crippen LogP contribution < -0.4 is 10.9 Å². The largest absolute Gasteiger partial charge is 0.336 e. The number of thiophene rings is 1. The normalized spacial score (nSPS) is 15.1. The molecule has 9 heteroatoms. The number of nitrogens with one attached hydrogen (secondary N) is 2. The zero-order chi connectivity index (χ0) is 19.0. The number of carbonyl (C=O) groups excluding carboxylic acids is 2. The Balaban J connectivity index is 1.62. The van der Waals surface area contributed by atoms with Crippen LogP contribution in [-0.4, -0.2) is 45.1 Å². The summed E-state index contributed by atoms with van der Waals surface area (Å²) >= 11 is 2.54. The molecule has 1 aliphatic rings. The van der Waals surface area contributed by atoms with E-state index in [1.165, 1.54) is 16.2 Å². The first kappa shape index (κ1) is 17.7. The number of hydrogen-bond acceptors (Lipinski definition) is 6. The summed E-state index contributed by atoms with van der Waals surface area (Å²) in [5, 5.41) is 4.90. The van der Waals surface area contributed by atoms with Crippen molar-refractivity contribution < 1.29 is 9.59 Å². The molecule has 1 fully saturated rings. The number of amides is 3. The monoisotopic (exact) mass is 400 g/mol. The summed E-state index contributed by atoms with van der Waals surface area (Å²) in [5.74, 6) is -0.297. The quantitative estimate of drug-likeness (QED) is 0.519. The zero-order valence-corrected chi connectivity index (χ0v) is 16.0. The molecular weight excluding hydrogens is 384 g/mol. The van der Waals surface area contributed by atoms with Gasteiger partial charge in [0.2, 0.25) is 5.91 Å². The summed E-state index contributed by atoms with van der Waals surface area (Å²) in [6.07, 6.45) is 0. The highest BCUT2D eigenvalue weighted by Gasteiger charge is 2.30. The van der Waals surface area contributed by atoms with E-state index < -0.39 is 5.25 Å². The maximum absolute atomic E-state index is 12.7. The molecule has 4 rings (SSSR count). The molecule has 0 bridgehead atoms. The van der Waals surface area contributed by atoms with E-state index >= 15 is 0 Å². The van der Waals surface area contributed by atoms with E-state index in [1.807, 2.05) is 35.7 Å².